The standard InChI is InChI=1S/C25H32F3N4OP/c1-13(2)34(33,14(3)4)22-12-20-23(31-18(8)32-24(20)30-17(22)7)29-16(6)19-10-9-11-21(15(19)5)25(26,27)28/h9-14,16H,1-8H3,(H,29,30,31,32). The van der Waals surface area contributed by atoms with E-state index in [0.717, 1.165) is 6.07 Å². The van der Waals surface area contributed by atoms with Gasteiger partial charge in [0.05, 0.1) is 22.7 Å². The number of halogens is 3. The van der Waals surface area contributed by atoms with Gasteiger partial charge in [0.15, 0.2) is 5.65 Å². The van der Waals surface area contributed by atoms with Crippen molar-refractivity contribution in [2.75, 3.05) is 5.32 Å². The Hall–Kier alpha value is -2.47. The zero-order valence-corrected chi connectivity index (χ0v) is 21.8. The molecule has 9 heteroatoms. The molecule has 0 aliphatic carbocycles. The smallest absolute Gasteiger partial charge is 0.363 e. The second kappa shape index (κ2) is 9.29. The number of benzene rings is 1. The number of nitrogens with zero attached hydrogens (tertiary/aromatic N) is 3. The number of aryl methyl sites for hydroxylation is 2. The molecule has 0 aliphatic rings. The van der Waals surface area contributed by atoms with E-state index in [9.17, 15) is 17.7 Å². The van der Waals surface area contributed by atoms with Crippen LogP contribution in [-0.2, 0) is 10.7 Å². The Labute approximate surface area is 199 Å². The van der Waals surface area contributed by atoms with Crippen LogP contribution in [0.15, 0.2) is 24.3 Å². The van der Waals surface area contributed by atoms with Gasteiger partial charge in [-0.3, -0.25) is 0 Å². The molecule has 2 heterocycles. The van der Waals surface area contributed by atoms with Gasteiger partial charge in [-0.15, -0.1) is 0 Å². The Morgan fingerprint density at radius 3 is 2.12 bits per heavy atom. The van der Waals surface area contributed by atoms with Crippen LogP contribution < -0.4 is 10.6 Å². The lowest BCUT2D eigenvalue weighted by Crippen LogP contribution is -2.23. The molecule has 0 bridgehead atoms. The molecule has 0 aliphatic heterocycles. The Bertz CT molecular complexity index is 1260. The molecule has 2 aromatic heterocycles. The summed E-state index contributed by atoms with van der Waals surface area (Å²) >= 11 is 0. The quantitative estimate of drug-likeness (QED) is 0.377. The van der Waals surface area contributed by atoms with Crippen molar-refractivity contribution in [2.24, 2.45) is 0 Å². The number of hydrogen-bond donors (Lipinski definition) is 1. The van der Waals surface area contributed by atoms with Gasteiger partial charge in [-0.1, -0.05) is 39.8 Å². The Kier molecular flexibility index (Phi) is 7.14. The first-order valence-corrected chi connectivity index (χ1v) is 13.2. The highest BCUT2D eigenvalue weighted by Gasteiger charge is 2.35. The molecule has 0 saturated carbocycles. The van der Waals surface area contributed by atoms with Crippen LogP contribution in [0.1, 0.15) is 68.9 Å². The number of fused-ring (bicyclic) bond motifs is 1. The third kappa shape index (κ3) is 4.70. The van der Waals surface area contributed by atoms with Crippen molar-refractivity contribution in [3.63, 3.8) is 0 Å². The second-order valence-corrected chi connectivity index (χ2v) is 13.3. The Morgan fingerprint density at radius 1 is 0.941 bits per heavy atom. The average molecular weight is 493 g/mol. The van der Waals surface area contributed by atoms with Crippen LogP contribution in [0, 0.1) is 20.8 Å². The molecule has 184 valence electrons. The number of alkyl halides is 3. The predicted molar refractivity (Wildman–Crippen MR) is 133 cm³/mol. The summed E-state index contributed by atoms with van der Waals surface area (Å²) in [6.45, 7) is 14.7. The van der Waals surface area contributed by atoms with Crippen LogP contribution >= 0.6 is 7.14 Å². The van der Waals surface area contributed by atoms with E-state index in [1.165, 1.54) is 13.0 Å². The molecule has 0 spiro atoms. The molecule has 1 N–H and O–H groups in total. The van der Waals surface area contributed by atoms with Gasteiger partial charge in [-0.25, -0.2) is 15.0 Å². The zero-order chi connectivity index (χ0) is 25.6. The number of anilines is 1. The molecule has 3 rings (SSSR count). The molecule has 1 aromatic carbocycles. The molecule has 3 aromatic rings. The summed E-state index contributed by atoms with van der Waals surface area (Å²) in [6.07, 6.45) is -4.43. The summed E-state index contributed by atoms with van der Waals surface area (Å²) in [6, 6.07) is 5.57. The fourth-order valence-corrected chi connectivity index (χ4v) is 7.76. The normalized spacial score (nSPS) is 13.7. The van der Waals surface area contributed by atoms with Gasteiger partial charge in [0.2, 0.25) is 0 Å². The number of pyridine rings is 1. The maximum atomic E-state index is 14.1. The minimum absolute atomic E-state index is 0.0695. The highest BCUT2D eigenvalue weighted by atomic mass is 31.2. The van der Waals surface area contributed by atoms with E-state index < -0.39 is 24.9 Å². The van der Waals surface area contributed by atoms with Crippen molar-refractivity contribution < 1.29 is 17.7 Å². The van der Waals surface area contributed by atoms with E-state index >= 15 is 0 Å². The van der Waals surface area contributed by atoms with Gasteiger partial charge < -0.3 is 9.88 Å². The molecule has 1 unspecified atom stereocenters. The Balaban J connectivity index is 2.16. The van der Waals surface area contributed by atoms with Crippen LogP contribution in [0.25, 0.3) is 11.0 Å². The number of hydrogen-bond acceptors (Lipinski definition) is 5. The van der Waals surface area contributed by atoms with E-state index in [1.54, 1.807) is 19.9 Å². The summed E-state index contributed by atoms with van der Waals surface area (Å²) in [5.74, 6) is 0.943. The molecule has 0 radical (unpaired) electrons. The first kappa shape index (κ1) is 26.1. The summed E-state index contributed by atoms with van der Waals surface area (Å²) in [4.78, 5) is 13.6. The number of rotatable bonds is 6. The maximum absolute atomic E-state index is 14.1. The SMILES string of the molecule is Cc1nc(NC(C)c2cccc(C(F)(F)F)c2C)c2cc(P(=O)(C(C)C)C(C)C)c(C)nc2n1. The van der Waals surface area contributed by atoms with Crippen molar-refractivity contribution >= 4 is 29.3 Å². The lowest BCUT2D eigenvalue weighted by Gasteiger charge is -2.28. The van der Waals surface area contributed by atoms with Crippen LogP contribution in [0.3, 0.4) is 0 Å². The fourth-order valence-electron chi connectivity index (χ4n) is 4.57. The molecule has 1 atom stereocenters. The van der Waals surface area contributed by atoms with Crippen LogP contribution in [-0.4, -0.2) is 26.3 Å². The lowest BCUT2D eigenvalue weighted by atomic mass is 9.97. The summed E-state index contributed by atoms with van der Waals surface area (Å²) < 4.78 is 54.4. The largest absolute Gasteiger partial charge is 0.416 e. The minimum atomic E-state index is -4.43. The monoisotopic (exact) mass is 492 g/mol. The molecule has 34 heavy (non-hydrogen) atoms. The first-order valence-electron chi connectivity index (χ1n) is 11.4. The number of aromatic nitrogens is 3. The maximum Gasteiger partial charge on any atom is 0.416 e. The summed E-state index contributed by atoms with van der Waals surface area (Å²) in [7, 11) is -2.79. The van der Waals surface area contributed by atoms with Gasteiger partial charge >= 0.3 is 6.18 Å². The highest BCUT2D eigenvalue weighted by molar-refractivity contribution is 7.72. The molecule has 0 saturated heterocycles. The number of nitrogens with one attached hydrogen (secondary N) is 1. The fraction of sp³-hybridized carbons (Fsp3) is 0.480. The molecule has 0 fully saturated rings. The minimum Gasteiger partial charge on any atom is -0.363 e. The summed E-state index contributed by atoms with van der Waals surface area (Å²) in [5, 5.41) is 4.57. The first-order chi connectivity index (χ1) is 15.7. The van der Waals surface area contributed by atoms with Crippen molar-refractivity contribution in [3.8, 4) is 0 Å². The lowest BCUT2D eigenvalue weighted by molar-refractivity contribution is -0.138. The van der Waals surface area contributed by atoms with E-state index in [0.29, 0.717) is 39.2 Å². The third-order valence-corrected chi connectivity index (χ3v) is 10.6. The van der Waals surface area contributed by atoms with Crippen LogP contribution in [0.4, 0.5) is 19.0 Å². The van der Waals surface area contributed by atoms with Gasteiger partial charge in [0.1, 0.15) is 18.8 Å². The molecule has 5 nitrogen and oxygen atoms in total. The van der Waals surface area contributed by atoms with E-state index in [4.69, 9.17) is 0 Å². The van der Waals surface area contributed by atoms with Crippen molar-refractivity contribution in [2.45, 2.75) is 78.9 Å². The van der Waals surface area contributed by atoms with E-state index in [2.05, 4.69) is 20.3 Å². The zero-order valence-electron chi connectivity index (χ0n) is 20.9. The highest BCUT2D eigenvalue weighted by Crippen LogP contribution is 2.54. The summed E-state index contributed by atoms with van der Waals surface area (Å²) in [5.41, 5.74) is 1.03. The van der Waals surface area contributed by atoms with Crippen molar-refractivity contribution in [3.05, 3.63) is 52.5 Å². The molecular weight excluding hydrogens is 460 g/mol. The van der Waals surface area contributed by atoms with Gasteiger partial charge in [0.25, 0.3) is 0 Å². The molecule has 0 amide bonds. The van der Waals surface area contributed by atoms with Gasteiger partial charge in [0, 0.05) is 16.6 Å². The van der Waals surface area contributed by atoms with E-state index in [1.807, 2.05) is 40.7 Å². The molecular formula is C25H32F3N4OP. The van der Waals surface area contributed by atoms with Crippen LogP contribution in [0.2, 0.25) is 0 Å². The average Bonchev–Trinajstić information content (AvgIpc) is 2.71. The third-order valence-electron chi connectivity index (χ3n) is 6.37. The topological polar surface area (TPSA) is 67.8 Å². The predicted octanol–water partition coefficient (Wildman–Crippen LogP) is 6.95. The van der Waals surface area contributed by atoms with Crippen molar-refractivity contribution in [1.82, 2.24) is 15.0 Å². The Morgan fingerprint density at radius 2 is 1.56 bits per heavy atom. The van der Waals surface area contributed by atoms with Crippen molar-refractivity contribution in [1.29, 1.82) is 0 Å². The van der Waals surface area contributed by atoms with Gasteiger partial charge in [-0.2, -0.15) is 13.2 Å². The van der Waals surface area contributed by atoms with Gasteiger partial charge in [-0.05, 0) is 51.0 Å². The van der Waals surface area contributed by atoms with E-state index in [-0.39, 0.29) is 16.9 Å². The van der Waals surface area contributed by atoms with Crippen LogP contribution in [0.5, 0.6) is 0 Å². The second-order valence-electron chi connectivity index (χ2n) is 9.36.